The Labute approximate surface area is 189 Å². The number of carbonyl (C=O) groups excluding carboxylic acids is 1. The van der Waals surface area contributed by atoms with Gasteiger partial charge in [-0.05, 0) is 32.2 Å². The highest BCUT2D eigenvalue weighted by molar-refractivity contribution is 7.98. The molecule has 1 aliphatic rings. The van der Waals surface area contributed by atoms with Gasteiger partial charge in [0.05, 0.1) is 20.3 Å². The van der Waals surface area contributed by atoms with Crippen LogP contribution in [0, 0.1) is 6.92 Å². The number of methoxy groups -OCH3 is 1. The molecule has 3 rings (SSSR count). The monoisotopic (exact) mass is 449 g/mol. The molecule has 0 radical (unpaired) electrons. The smallest absolute Gasteiger partial charge is 0.293 e. The van der Waals surface area contributed by atoms with Gasteiger partial charge in [0, 0.05) is 21.7 Å². The highest BCUT2D eigenvalue weighted by Gasteiger charge is 2.26. The van der Waals surface area contributed by atoms with E-state index in [0.29, 0.717) is 24.7 Å². The summed E-state index contributed by atoms with van der Waals surface area (Å²) in [6.45, 7) is 9.13. The molecule has 0 unspecified atom stereocenters. The fraction of sp³-hybridized carbons (Fsp3) is 0.391. The number of para-hydroxylation sites is 1. The molecular formula is C23H31NO4S2. The van der Waals surface area contributed by atoms with Crippen molar-refractivity contribution in [3.8, 4) is 5.75 Å². The number of rotatable bonds is 5. The highest BCUT2D eigenvalue weighted by Crippen LogP contribution is 2.41. The van der Waals surface area contributed by atoms with Crippen molar-refractivity contribution >= 4 is 41.1 Å². The molecule has 5 nitrogen and oxygen atoms in total. The van der Waals surface area contributed by atoms with Gasteiger partial charge in [0.15, 0.2) is 0 Å². The van der Waals surface area contributed by atoms with Crippen LogP contribution in [0.5, 0.6) is 5.75 Å². The van der Waals surface area contributed by atoms with E-state index in [1.54, 1.807) is 25.8 Å². The van der Waals surface area contributed by atoms with Crippen LogP contribution >= 0.6 is 24.0 Å². The molecule has 2 aromatic carbocycles. The zero-order chi connectivity index (χ0) is 22.5. The van der Waals surface area contributed by atoms with E-state index in [4.69, 9.17) is 21.7 Å². The largest absolute Gasteiger partial charge is 0.495 e. The summed E-state index contributed by atoms with van der Waals surface area (Å²) in [7, 11) is 1.70. The summed E-state index contributed by atoms with van der Waals surface area (Å²) in [6.07, 6.45) is 1.84. The van der Waals surface area contributed by atoms with Crippen LogP contribution < -0.4 is 10.1 Å². The molecule has 30 heavy (non-hydrogen) atoms. The van der Waals surface area contributed by atoms with Gasteiger partial charge in [0.2, 0.25) is 0 Å². The summed E-state index contributed by atoms with van der Waals surface area (Å²) in [6, 6.07) is 12.4. The maximum absolute atomic E-state index is 9.18. The number of nitrogens with one attached hydrogen (secondary N) is 1. The van der Waals surface area contributed by atoms with Crippen LogP contribution in [0.15, 0.2) is 41.3 Å². The predicted molar refractivity (Wildman–Crippen MR) is 129 cm³/mol. The van der Waals surface area contributed by atoms with Gasteiger partial charge in [0.25, 0.3) is 6.47 Å². The van der Waals surface area contributed by atoms with Gasteiger partial charge in [-0.3, -0.25) is 4.79 Å². The number of hydrogen-bond donors (Lipinski definition) is 1. The minimum absolute atomic E-state index is 0.208. The standard InChI is InChI=1S/C18H19NO2S2.C3H6O2.C2H6/c1-11-7-8-14-13(9-11)17(21-10-16(22)19-14)12-5-4-6-15(23-3)18(12)20-2;1-2-5-3-4;1-2/h4-9,17H,10H2,1-3H3,(H,19,22);3H,2H2,1H3;1-2H3/t17-;;/m1../s1. The lowest BCUT2D eigenvalue weighted by molar-refractivity contribution is -0.128. The number of fused-ring (bicyclic) bond motifs is 1. The third-order valence-corrected chi connectivity index (χ3v) is 5.08. The molecule has 0 saturated heterocycles. The molecule has 1 heterocycles. The third-order valence-electron chi connectivity index (χ3n) is 4.10. The number of thiocarbonyl (C=S) groups is 1. The van der Waals surface area contributed by atoms with E-state index in [1.807, 2.05) is 26.2 Å². The first-order chi connectivity index (χ1) is 14.5. The first-order valence-corrected chi connectivity index (χ1v) is 11.5. The number of anilines is 1. The van der Waals surface area contributed by atoms with Crippen molar-refractivity contribution in [2.24, 2.45) is 0 Å². The van der Waals surface area contributed by atoms with Gasteiger partial charge >= 0.3 is 0 Å². The quantitative estimate of drug-likeness (QED) is 0.352. The van der Waals surface area contributed by atoms with Crippen LogP contribution in [0.1, 0.15) is 43.6 Å². The van der Waals surface area contributed by atoms with Gasteiger partial charge in [-0.15, -0.1) is 11.8 Å². The van der Waals surface area contributed by atoms with Gasteiger partial charge in [-0.2, -0.15) is 0 Å². The number of aryl methyl sites for hydroxylation is 1. The maximum Gasteiger partial charge on any atom is 0.293 e. The second-order valence-electron chi connectivity index (χ2n) is 5.96. The van der Waals surface area contributed by atoms with Gasteiger partial charge in [-0.25, -0.2) is 0 Å². The van der Waals surface area contributed by atoms with E-state index >= 15 is 0 Å². The Morgan fingerprint density at radius 1 is 1.27 bits per heavy atom. The number of hydrogen-bond acceptors (Lipinski definition) is 6. The Hall–Kier alpha value is -2.09. The van der Waals surface area contributed by atoms with Crippen LogP contribution in [0.2, 0.25) is 0 Å². The van der Waals surface area contributed by atoms with Crippen molar-refractivity contribution in [1.29, 1.82) is 0 Å². The second kappa shape index (κ2) is 14.0. The van der Waals surface area contributed by atoms with E-state index in [9.17, 15) is 4.79 Å². The normalized spacial score (nSPS) is 14.5. The van der Waals surface area contributed by atoms with Gasteiger partial charge in [0.1, 0.15) is 16.8 Å². The molecule has 0 saturated carbocycles. The molecule has 1 N–H and O–H groups in total. The van der Waals surface area contributed by atoms with E-state index in [-0.39, 0.29) is 6.10 Å². The van der Waals surface area contributed by atoms with E-state index in [0.717, 1.165) is 27.5 Å². The molecule has 2 aromatic rings. The molecule has 1 aliphatic heterocycles. The Morgan fingerprint density at radius 3 is 2.57 bits per heavy atom. The fourth-order valence-electron chi connectivity index (χ4n) is 2.89. The van der Waals surface area contributed by atoms with E-state index in [2.05, 4.69) is 47.3 Å². The highest BCUT2D eigenvalue weighted by atomic mass is 32.2. The first-order valence-electron chi connectivity index (χ1n) is 9.83. The summed E-state index contributed by atoms with van der Waals surface area (Å²) in [4.78, 5) is 11.0. The lowest BCUT2D eigenvalue weighted by atomic mass is 9.97. The average molecular weight is 450 g/mol. The van der Waals surface area contributed by atoms with Crippen LogP contribution in [0.25, 0.3) is 0 Å². The summed E-state index contributed by atoms with van der Waals surface area (Å²) in [5.74, 6) is 0.866. The van der Waals surface area contributed by atoms with Gasteiger partial charge in [-0.1, -0.05) is 55.9 Å². The van der Waals surface area contributed by atoms with Crippen LogP contribution in [0.4, 0.5) is 5.69 Å². The Kier molecular flexibility index (Phi) is 12.1. The topological polar surface area (TPSA) is 56.8 Å². The molecule has 7 heteroatoms. The SMILES string of the molecule is CC.CCOC=O.COc1c(SC)cccc1[C@H]1OCC(=S)Nc2ccc(C)cc21. The van der Waals surface area contributed by atoms with Gasteiger partial charge < -0.3 is 19.5 Å². The summed E-state index contributed by atoms with van der Waals surface area (Å²) in [5, 5.41) is 3.28. The maximum atomic E-state index is 9.18. The lowest BCUT2D eigenvalue weighted by Crippen LogP contribution is -2.13. The summed E-state index contributed by atoms with van der Waals surface area (Å²) >= 11 is 7.01. The van der Waals surface area contributed by atoms with E-state index < -0.39 is 0 Å². The second-order valence-corrected chi connectivity index (χ2v) is 7.31. The molecule has 0 fully saturated rings. The number of thioether (sulfide) groups is 1. The predicted octanol–water partition coefficient (Wildman–Crippen LogP) is 5.79. The molecular weight excluding hydrogens is 418 g/mol. The number of benzene rings is 2. The minimum atomic E-state index is -0.208. The van der Waals surface area contributed by atoms with Crippen molar-refractivity contribution in [3.05, 3.63) is 53.1 Å². The minimum Gasteiger partial charge on any atom is -0.495 e. The third kappa shape index (κ3) is 7.00. The molecule has 1 atom stereocenters. The fourth-order valence-corrected chi connectivity index (χ4v) is 3.67. The van der Waals surface area contributed by atoms with Crippen LogP contribution in [-0.4, -0.2) is 38.0 Å². The Bertz CT molecular complexity index is 827. The van der Waals surface area contributed by atoms with Crippen molar-refractivity contribution in [2.45, 2.75) is 38.7 Å². The Balaban J connectivity index is 0.000000565. The molecule has 0 amide bonds. The molecule has 164 valence electrons. The van der Waals surface area contributed by atoms with Crippen LogP contribution in [0.3, 0.4) is 0 Å². The molecule has 0 aromatic heterocycles. The van der Waals surface area contributed by atoms with Crippen molar-refractivity contribution in [2.75, 3.05) is 31.9 Å². The van der Waals surface area contributed by atoms with Crippen molar-refractivity contribution in [1.82, 2.24) is 0 Å². The molecule has 0 spiro atoms. The summed E-state index contributed by atoms with van der Waals surface area (Å²) in [5.41, 5.74) is 4.30. The van der Waals surface area contributed by atoms with Crippen molar-refractivity contribution < 1.29 is 19.0 Å². The Morgan fingerprint density at radius 2 is 2.00 bits per heavy atom. The van der Waals surface area contributed by atoms with E-state index in [1.165, 1.54) is 5.56 Å². The van der Waals surface area contributed by atoms with Crippen molar-refractivity contribution in [3.63, 3.8) is 0 Å². The number of carbonyl (C=O) groups is 1. The first kappa shape index (κ1) is 25.9. The zero-order valence-electron chi connectivity index (χ0n) is 18.5. The van der Waals surface area contributed by atoms with Crippen LogP contribution in [-0.2, 0) is 14.3 Å². The molecule has 0 bridgehead atoms. The lowest BCUT2D eigenvalue weighted by Gasteiger charge is -2.22. The molecule has 0 aliphatic carbocycles. The zero-order valence-corrected chi connectivity index (χ0v) is 20.1. The summed E-state index contributed by atoms with van der Waals surface area (Å²) < 4.78 is 16.0. The number of ether oxygens (including phenoxy) is 3. The average Bonchev–Trinajstić information content (AvgIpc) is 2.93.